The third-order valence-corrected chi connectivity index (χ3v) is 4.56. The summed E-state index contributed by atoms with van der Waals surface area (Å²) in [4.78, 5) is 15.2. The van der Waals surface area contributed by atoms with E-state index in [9.17, 15) is 4.79 Å². The molecule has 0 atom stereocenters. The molecule has 29 heavy (non-hydrogen) atoms. The number of aryl methyl sites for hydroxylation is 1. The zero-order chi connectivity index (χ0) is 20.6. The van der Waals surface area contributed by atoms with Gasteiger partial charge >= 0.3 is 5.97 Å². The molecule has 1 aromatic heterocycles. The molecule has 3 aromatic rings. The zero-order valence-electron chi connectivity index (χ0n) is 16.5. The average Bonchev–Trinajstić information content (AvgIpc) is 2.76. The third-order valence-electron chi connectivity index (χ3n) is 4.56. The van der Waals surface area contributed by atoms with Crippen molar-refractivity contribution in [3.05, 3.63) is 71.8 Å². The van der Waals surface area contributed by atoms with E-state index in [-0.39, 0.29) is 6.42 Å². The highest BCUT2D eigenvalue weighted by Gasteiger charge is 2.14. The van der Waals surface area contributed by atoms with E-state index < -0.39 is 5.97 Å². The van der Waals surface area contributed by atoms with Gasteiger partial charge in [0.25, 0.3) is 0 Å². The molecule has 2 aromatic carbocycles. The van der Waals surface area contributed by atoms with Crippen molar-refractivity contribution >= 4 is 11.7 Å². The summed E-state index contributed by atoms with van der Waals surface area (Å²) in [6, 6.07) is 19.7. The Morgan fingerprint density at radius 2 is 1.69 bits per heavy atom. The van der Waals surface area contributed by atoms with Crippen molar-refractivity contribution in [2.24, 2.45) is 0 Å². The van der Waals surface area contributed by atoms with Gasteiger partial charge in [-0.2, -0.15) is 4.98 Å². The van der Waals surface area contributed by atoms with E-state index in [1.807, 2.05) is 60.7 Å². The Morgan fingerprint density at radius 1 is 1.00 bits per heavy atom. The second kappa shape index (κ2) is 9.59. The molecular weight excluding hydrogens is 368 g/mol. The fourth-order valence-electron chi connectivity index (χ4n) is 3.04. The number of aromatic nitrogens is 1. The summed E-state index contributed by atoms with van der Waals surface area (Å²) >= 11 is 0. The van der Waals surface area contributed by atoms with Crippen LogP contribution in [0.15, 0.2) is 60.7 Å². The first-order valence-corrected chi connectivity index (χ1v) is 9.32. The first-order valence-electron chi connectivity index (χ1n) is 9.32. The van der Waals surface area contributed by atoms with Crippen LogP contribution in [0.3, 0.4) is 0 Å². The maximum absolute atomic E-state index is 10.7. The Kier molecular flexibility index (Phi) is 6.68. The number of aliphatic carboxylic acids is 1. The second-order valence-corrected chi connectivity index (χ2v) is 6.52. The molecule has 2 N–H and O–H groups in total. The van der Waals surface area contributed by atoms with E-state index in [1.165, 1.54) is 0 Å². The lowest BCUT2D eigenvalue weighted by atomic mass is 10.0. The minimum atomic E-state index is -0.791. The largest absolute Gasteiger partial charge is 0.481 e. The van der Waals surface area contributed by atoms with Crippen molar-refractivity contribution < 1.29 is 19.4 Å². The molecule has 6 nitrogen and oxygen atoms in total. The van der Waals surface area contributed by atoms with Gasteiger partial charge in [-0.15, -0.1) is 0 Å². The van der Waals surface area contributed by atoms with E-state index in [0.29, 0.717) is 24.7 Å². The van der Waals surface area contributed by atoms with Crippen LogP contribution < -0.4 is 14.8 Å². The number of pyridine rings is 1. The van der Waals surface area contributed by atoms with Gasteiger partial charge in [-0.05, 0) is 35.7 Å². The van der Waals surface area contributed by atoms with Gasteiger partial charge in [0, 0.05) is 29.8 Å². The van der Waals surface area contributed by atoms with E-state index in [1.54, 1.807) is 14.2 Å². The molecule has 0 saturated heterocycles. The Balaban J connectivity index is 1.78. The number of benzene rings is 2. The smallest absolute Gasteiger partial charge is 0.303 e. The number of carboxylic acids is 1. The molecule has 1 heterocycles. The number of methoxy groups -OCH3 is 2. The van der Waals surface area contributed by atoms with Crippen LogP contribution >= 0.6 is 0 Å². The number of ether oxygens (including phenoxy) is 2. The van der Waals surface area contributed by atoms with Crippen LogP contribution in [0.5, 0.6) is 11.8 Å². The molecule has 0 unspecified atom stereocenters. The number of rotatable bonds is 9. The predicted octanol–water partition coefficient (Wildman–Crippen LogP) is 4.40. The molecule has 0 saturated carbocycles. The summed E-state index contributed by atoms with van der Waals surface area (Å²) < 4.78 is 10.9. The quantitative estimate of drug-likeness (QED) is 0.562. The Hall–Kier alpha value is -3.54. The molecule has 6 heteroatoms. The molecule has 0 aliphatic heterocycles. The molecule has 3 rings (SSSR count). The van der Waals surface area contributed by atoms with Gasteiger partial charge < -0.3 is 19.9 Å². The lowest BCUT2D eigenvalue weighted by Gasteiger charge is -2.15. The number of nitrogens with one attached hydrogen (secondary N) is 1. The Morgan fingerprint density at radius 3 is 2.31 bits per heavy atom. The monoisotopic (exact) mass is 392 g/mol. The van der Waals surface area contributed by atoms with Crippen molar-refractivity contribution in [3.8, 4) is 22.9 Å². The van der Waals surface area contributed by atoms with Gasteiger partial charge in [0.1, 0.15) is 0 Å². The summed E-state index contributed by atoms with van der Waals surface area (Å²) in [5.41, 5.74) is 4.75. The van der Waals surface area contributed by atoms with Gasteiger partial charge in [0.15, 0.2) is 0 Å². The molecule has 0 radical (unpaired) electrons. The maximum atomic E-state index is 10.7. The highest BCUT2D eigenvalue weighted by molar-refractivity contribution is 5.70. The lowest BCUT2D eigenvalue weighted by molar-refractivity contribution is -0.136. The van der Waals surface area contributed by atoms with Crippen LogP contribution in [0.25, 0.3) is 11.1 Å². The number of hydrogen-bond donors (Lipinski definition) is 2. The van der Waals surface area contributed by atoms with Crippen LogP contribution in [0, 0.1) is 0 Å². The number of anilines is 1. The Bertz CT molecular complexity index is 957. The van der Waals surface area contributed by atoms with E-state index in [4.69, 9.17) is 14.6 Å². The fourth-order valence-corrected chi connectivity index (χ4v) is 3.04. The minimum absolute atomic E-state index is 0.129. The number of carbonyl (C=O) groups is 1. The molecular formula is C23H24N2O4. The van der Waals surface area contributed by atoms with Gasteiger partial charge in [-0.25, -0.2) is 0 Å². The van der Waals surface area contributed by atoms with E-state index in [2.05, 4.69) is 10.3 Å². The summed E-state index contributed by atoms with van der Waals surface area (Å²) in [6.07, 6.45) is 0.649. The molecule has 0 bridgehead atoms. The normalized spacial score (nSPS) is 10.4. The second-order valence-electron chi connectivity index (χ2n) is 6.52. The lowest BCUT2D eigenvalue weighted by Crippen LogP contribution is -2.05. The highest BCUT2D eigenvalue weighted by atomic mass is 16.5. The van der Waals surface area contributed by atoms with Crippen LogP contribution in [-0.4, -0.2) is 30.3 Å². The summed E-state index contributed by atoms with van der Waals surface area (Å²) in [5.74, 6) is 0.229. The Labute approximate surface area is 170 Å². The molecule has 0 aliphatic carbocycles. The summed E-state index contributed by atoms with van der Waals surface area (Å²) in [5, 5.41) is 12.2. The molecule has 0 aliphatic rings. The van der Waals surface area contributed by atoms with Gasteiger partial charge in [0.05, 0.1) is 14.2 Å². The van der Waals surface area contributed by atoms with Crippen molar-refractivity contribution in [3.63, 3.8) is 0 Å². The third kappa shape index (κ3) is 5.25. The van der Waals surface area contributed by atoms with Crippen LogP contribution in [0.2, 0.25) is 0 Å². The van der Waals surface area contributed by atoms with Gasteiger partial charge in [-0.3, -0.25) is 4.79 Å². The minimum Gasteiger partial charge on any atom is -0.481 e. The predicted molar refractivity (Wildman–Crippen MR) is 113 cm³/mol. The first kappa shape index (κ1) is 20.2. The van der Waals surface area contributed by atoms with Crippen molar-refractivity contribution in [1.29, 1.82) is 0 Å². The number of hydrogen-bond acceptors (Lipinski definition) is 5. The number of carboxylic acid groups (broad SMARTS) is 1. The standard InChI is InChI=1S/C23H24N2O4/c1-28-22-18(14-20(23(25-22)29-2)17-6-4-3-5-7-17)15-24-19-11-8-16(9-12-19)10-13-21(26)27/h3-9,11-12,14,24H,10,13,15H2,1-2H3,(H,26,27). The summed E-state index contributed by atoms with van der Waals surface area (Å²) in [6.45, 7) is 0.522. The SMILES string of the molecule is COc1nc(OC)c(-c2ccccc2)cc1CNc1ccc(CCC(=O)O)cc1. The zero-order valence-corrected chi connectivity index (χ0v) is 16.5. The summed E-state index contributed by atoms with van der Waals surface area (Å²) in [7, 11) is 3.18. The fraction of sp³-hybridized carbons (Fsp3) is 0.217. The van der Waals surface area contributed by atoms with E-state index in [0.717, 1.165) is 27.9 Å². The van der Waals surface area contributed by atoms with Crippen molar-refractivity contribution in [2.75, 3.05) is 19.5 Å². The molecule has 0 amide bonds. The van der Waals surface area contributed by atoms with Crippen molar-refractivity contribution in [1.82, 2.24) is 4.98 Å². The maximum Gasteiger partial charge on any atom is 0.303 e. The van der Waals surface area contributed by atoms with Crippen LogP contribution in [-0.2, 0) is 17.8 Å². The topological polar surface area (TPSA) is 80.7 Å². The van der Waals surface area contributed by atoms with Crippen LogP contribution in [0.1, 0.15) is 17.5 Å². The first-order chi connectivity index (χ1) is 14.1. The average molecular weight is 392 g/mol. The van der Waals surface area contributed by atoms with Gasteiger partial charge in [-0.1, -0.05) is 42.5 Å². The van der Waals surface area contributed by atoms with E-state index >= 15 is 0 Å². The molecule has 0 fully saturated rings. The highest BCUT2D eigenvalue weighted by Crippen LogP contribution is 2.33. The van der Waals surface area contributed by atoms with Gasteiger partial charge in [0.2, 0.25) is 11.8 Å². The molecule has 150 valence electrons. The number of nitrogens with zero attached hydrogens (tertiary/aromatic N) is 1. The van der Waals surface area contributed by atoms with Crippen molar-refractivity contribution in [2.45, 2.75) is 19.4 Å². The molecule has 0 spiro atoms. The van der Waals surface area contributed by atoms with Crippen LogP contribution in [0.4, 0.5) is 5.69 Å².